The minimum Gasteiger partial charge on any atom is -0.367 e. The molecule has 8 nitrogen and oxygen atoms in total. The fraction of sp³-hybridized carbons (Fsp3) is 0.257. The summed E-state index contributed by atoms with van der Waals surface area (Å²) in [5.74, 6) is -0.515. The van der Waals surface area contributed by atoms with E-state index in [1.165, 1.54) is 4.90 Å². The number of hydrogen-bond acceptors (Lipinski definition) is 5. The molecule has 43 heavy (non-hydrogen) atoms. The van der Waals surface area contributed by atoms with Gasteiger partial charge in [-0.25, -0.2) is 0 Å². The molecule has 0 N–H and O–H groups in total. The number of amides is 4. The molecule has 3 heterocycles. The Hall–Kier alpha value is -4.98. The standard InChI is InChI=1S/C35H32N4O4/c40-31-20-27(24-8-2-1-3-9-24)21-38(31)23-32(41)37-18-16-36(17-19-37)30-15-7-14-29-33(30)35(43)39(34(29)42)22-26-12-6-11-25-10-4-5-13-28(25)26/h1-15,27H,16-23H2/t27-/m0/s1. The van der Waals surface area contributed by atoms with Gasteiger partial charge in [0.2, 0.25) is 11.8 Å². The Balaban J connectivity index is 1.01. The smallest absolute Gasteiger partial charge is 0.263 e. The van der Waals surface area contributed by atoms with Crippen LogP contribution in [0.5, 0.6) is 0 Å². The summed E-state index contributed by atoms with van der Waals surface area (Å²) in [7, 11) is 0. The van der Waals surface area contributed by atoms with Gasteiger partial charge in [-0.15, -0.1) is 0 Å². The van der Waals surface area contributed by atoms with E-state index in [1.807, 2.05) is 84.9 Å². The molecule has 8 heteroatoms. The van der Waals surface area contributed by atoms with Gasteiger partial charge in [-0.2, -0.15) is 0 Å². The molecule has 0 bridgehead atoms. The van der Waals surface area contributed by atoms with Crippen LogP contribution in [0.3, 0.4) is 0 Å². The fourth-order valence-electron chi connectivity index (χ4n) is 6.66. The third-order valence-corrected chi connectivity index (χ3v) is 8.97. The quantitative estimate of drug-likeness (QED) is 0.322. The SMILES string of the molecule is O=C(CN1C[C@@H](c2ccccc2)CC1=O)N1CCN(c2cccc3c2C(=O)N(Cc2cccc4ccccc24)C3=O)CC1. The number of rotatable bonds is 6. The molecule has 0 radical (unpaired) electrons. The molecule has 3 aliphatic rings. The van der Waals surface area contributed by atoms with Gasteiger partial charge in [-0.3, -0.25) is 24.1 Å². The molecule has 1 atom stereocenters. The fourth-order valence-corrected chi connectivity index (χ4v) is 6.66. The number of anilines is 1. The number of imide groups is 1. The summed E-state index contributed by atoms with van der Waals surface area (Å²) in [5, 5.41) is 2.09. The molecule has 2 fully saturated rings. The minimum absolute atomic E-state index is 0.0110. The second-order valence-electron chi connectivity index (χ2n) is 11.5. The van der Waals surface area contributed by atoms with E-state index in [2.05, 4.69) is 4.90 Å². The van der Waals surface area contributed by atoms with E-state index in [-0.39, 0.29) is 42.6 Å². The molecule has 4 amide bonds. The van der Waals surface area contributed by atoms with E-state index >= 15 is 0 Å². The van der Waals surface area contributed by atoms with E-state index in [0.717, 1.165) is 27.6 Å². The first kappa shape index (κ1) is 26.9. The van der Waals surface area contributed by atoms with Crippen molar-refractivity contribution in [2.75, 3.05) is 44.2 Å². The normalized spacial score (nSPS) is 18.6. The van der Waals surface area contributed by atoms with Crippen LogP contribution in [0.4, 0.5) is 5.69 Å². The summed E-state index contributed by atoms with van der Waals surface area (Å²) in [6, 6.07) is 29.3. The Bertz CT molecular complexity index is 1740. The maximum absolute atomic E-state index is 13.7. The number of piperazine rings is 1. The van der Waals surface area contributed by atoms with Crippen LogP contribution in [0.15, 0.2) is 91.0 Å². The number of carbonyl (C=O) groups excluding carboxylic acids is 4. The zero-order valence-corrected chi connectivity index (χ0v) is 23.8. The Morgan fingerprint density at radius 1 is 0.744 bits per heavy atom. The number of likely N-dealkylation sites (tertiary alicyclic amines) is 1. The summed E-state index contributed by atoms with van der Waals surface area (Å²) in [6.07, 6.45) is 0.425. The lowest BCUT2D eigenvalue weighted by Crippen LogP contribution is -2.51. The molecule has 0 aromatic heterocycles. The van der Waals surface area contributed by atoms with Gasteiger partial charge in [0.25, 0.3) is 11.8 Å². The average Bonchev–Trinajstić information content (AvgIpc) is 3.53. The van der Waals surface area contributed by atoms with Gasteiger partial charge in [0.05, 0.1) is 29.9 Å². The van der Waals surface area contributed by atoms with Crippen LogP contribution in [-0.2, 0) is 16.1 Å². The van der Waals surface area contributed by atoms with Crippen molar-refractivity contribution in [3.63, 3.8) is 0 Å². The summed E-state index contributed by atoms with van der Waals surface area (Å²) in [5.41, 5.74) is 3.62. The molecule has 0 unspecified atom stereocenters. The lowest BCUT2D eigenvalue weighted by Gasteiger charge is -2.37. The molecular weight excluding hydrogens is 540 g/mol. The third kappa shape index (κ3) is 4.92. The Labute approximate surface area is 250 Å². The third-order valence-electron chi connectivity index (χ3n) is 8.97. The second kappa shape index (κ2) is 11.0. The number of fused-ring (bicyclic) bond motifs is 2. The summed E-state index contributed by atoms with van der Waals surface area (Å²) in [6.45, 7) is 2.87. The second-order valence-corrected chi connectivity index (χ2v) is 11.5. The molecule has 4 aromatic rings. The van der Waals surface area contributed by atoms with Gasteiger partial charge in [0, 0.05) is 45.1 Å². The molecule has 4 aromatic carbocycles. The van der Waals surface area contributed by atoms with Crippen LogP contribution < -0.4 is 4.90 Å². The van der Waals surface area contributed by atoms with Gasteiger partial charge in [0.15, 0.2) is 0 Å². The van der Waals surface area contributed by atoms with Crippen molar-refractivity contribution < 1.29 is 19.2 Å². The predicted molar refractivity (Wildman–Crippen MR) is 164 cm³/mol. The number of hydrogen-bond donors (Lipinski definition) is 0. The van der Waals surface area contributed by atoms with Crippen LogP contribution in [0, 0.1) is 0 Å². The highest BCUT2D eigenvalue weighted by Gasteiger charge is 2.39. The van der Waals surface area contributed by atoms with Crippen molar-refractivity contribution in [3.05, 3.63) is 113 Å². The first-order valence-electron chi connectivity index (χ1n) is 14.8. The molecule has 7 rings (SSSR count). The van der Waals surface area contributed by atoms with E-state index < -0.39 is 0 Å². The van der Waals surface area contributed by atoms with Crippen LogP contribution in [0.1, 0.15) is 44.2 Å². The minimum atomic E-state index is -0.289. The maximum atomic E-state index is 13.7. The maximum Gasteiger partial charge on any atom is 0.263 e. The van der Waals surface area contributed by atoms with Crippen LogP contribution in [0.25, 0.3) is 10.8 Å². The molecule has 0 saturated carbocycles. The van der Waals surface area contributed by atoms with Crippen molar-refractivity contribution in [2.45, 2.75) is 18.9 Å². The predicted octanol–water partition coefficient (Wildman–Crippen LogP) is 4.30. The number of carbonyl (C=O) groups is 4. The molecule has 2 saturated heterocycles. The molecule has 3 aliphatic heterocycles. The topological polar surface area (TPSA) is 81.2 Å². The average molecular weight is 573 g/mol. The Morgan fingerprint density at radius 2 is 1.47 bits per heavy atom. The van der Waals surface area contributed by atoms with Gasteiger partial charge >= 0.3 is 0 Å². The van der Waals surface area contributed by atoms with Crippen molar-refractivity contribution in [1.82, 2.24) is 14.7 Å². The van der Waals surface area contributed by atoms with Crippen LogP contribution in [-0.4, -0.2) is 77.6 Å². The summed E-state index contributed by atoms with van der Waals surface area (Å²) < 4.78 is 0. The van der Waals surface area contributed by atoms with Gasteiger partial charge < -0.3 is 14.7 Å². The van der Waals surface area contributed by atoms with E-state index in [1.54, 1.807) is 15.9 Å². The lowest BCUT2D eigenvalue weighted by molar-refractivity contribution is -0.138. The lowest BCUT2D eigenvalue weighted by atomic mass is 9.99. The van der Waals surface area contributed by atoms with E-state index in [4.69, 9.17) is 0 Å². The Morgan fingerprint density at radius 3 is 2.28 bits per heavy atom. The van der Waals surface area contributed by atoms with Gasteiger partial charge in [0.1, 0.15) is 0 Å². The Kier molecular flexibility index (Phi) is 6.89. The largest absolute Gasteiger partial charge is 0.367 e. The van der Waals surface area contributed by atoms with Crippen molar-refractivity contribution in [3.8, 4) is 0 Å². The highest BCUT2D eigenvalue weighted by molar-refractivity contribution is 6.23. The van der Waals surface area contributed by atoms with E-state index in [9.17, 15) is 19.2 Å². The molecule has 216 valence electrons. The number of nitrogens with zero attached hydrogens (tertiary/aromatic N) is 4. The van der Waals surface area contributed by atoms with Crippen LogP contribution in [0.2, 0.25) is 0 Å². The first-order chi connectivity index (χ1) is 21.0. The number of benzene rings is 4. The van der Waals surface area contributed by atoms with Crippen molar-refractivity contribution >= 4 is 40.1 Å². The zero-order valence-electron chi connectivity index (χ0n) is 23.8. The molecule has 0 spiro atoms. The first-order valence-corrected chi connectivity index (χ1v) is 14.8. The monoisotopic (exact) mass is 572 g/mol. The zero-order chi connectivity index (χ0) is 29.5. The van der Waals surface area contributed by atoms with Crippen molar-refractivity contribution in [1.29, 1.82) is 0 Å². The van der Waals surface area contributed by atoms with Crippen LogP contribution >= 0.6 is 0 Å². The van der Waals surface area contributed by atoms with Crippen molar-refractivity contribution in [2.24, 2.45) is 0 Å². The highest BCUT2D eigenvalue weighted by atomic mass is 16.2. The van der Waals surface area contributed by atoms with E-state index in [0.29, 0.717) is 50.3 Å². The molecular formula is C35H32N4O4. The van der Waals surface area contributed by atoms with Gasteiger partial charge in [-0.1, -0.05) is 78.9 Å². The summed E-state index contributed by atoms with van der Waals surface area (Å²) >= 11 is 0. The summed E-state index contributed by atoms with van der Waals surface area (Å²) in [4.78, 5) is 59.9. The highest BCUT2D eigenvalue weighted by Crippen LogP contribution is 2.34. The molecule has 0 aliphatic carbocycles. The van der Waals surface area contributed by atoms with Gasteiger partial charge in [-0.05, 0) is 34.0 Å².